The molecule has 7 heteroatoms. The number of piperidine rings is 1. The van der Waals surface area contributed by atoms with Crippen molar-refractivity contribution >= 4 is 24.3 Å². The van der Waals surface area contributed by atoms with Gasteiger partial charge in [0, 0.05) is 26.2 Å². The van der Waals surface area contributed by atoms with Crippen LogP contribution in [-0.4, -0.2) is 56.6 Å². The maximum absolute atomic E-state index is 11.4. The molecule has 0 aromatic rings. The van der Waals surface area contributed by atoms with Crippen LogP contribution in [0, 0.1) is 0 Å². The Kier molecular flexibility index (Phi) is 7.86. The SMILES string of the molecule is CNC(=O)NC(=O)CN1CCC(NC)CC1.Cl. The van der Waals surface area contributed by atoms with E-state index >= 15 is 0 Å². The van der Waals surface area contributed by atoms with E-state index in [0.29, 0.717) is 12.6 Å². The summed E-state index contributed by atoms with van der Waals surface area (Å²) < 4.78 is 0. The molecule has 1 rings (SSSR count). The van der Waals surface area contributed by atoms with Crippen LogP contribution in [0.1, 0.15) is 12.8 Å². The normalized spacial score (nSPS) is 17.1. The lowest BCUT2D eigenvalue weighted by molar-refractivity contribution is -0.121. The van der Waals surface area contributed by atoms with Gasteiger partial charge in [0.1, 0.15) is 0 Å². The minimum absolute atomic E-state index is 0. The van der Waals surface area contributed by atoms with Crippen molar-refractivity contribution in [3.05, 3.63) is 0 Å². The highest BCUT2D eigenvalue weighted by atomic mass is 35.5. The first-order chi connectivity index (χ1) is 7.65. The molecular weight excluding hydrogens is 244 g/mol. The lowest BCUT2D eigenvalue weighted by Crippen LogP contribution is -2.47. The van der Waals surface area contributed by atoms with Crippen molar-refractivity contribution in [3.8, 4) is 0 Å². The number of amides is 3. The van der Waals surface area contributed by atoms with Gasteiger partial charge in [0.25, 0.3) is 0 Å². The van der Waals surface area contributed by atoms with Crippen LogP contribution in [0.5, 0.6) is 0 Å². The Morgan fingerprint density at radius 1 is 1.24 bits per heavy atom. The minimum Gasteiger partial charge on any atom is -0.341 e. The Bertz CT molecular complexity index is 255. The second-order valence-electron chi connectivity index (χ2n) is 3.97. The zero-order valence-corrected chi connectivity index (χ0v) is 11.1. The number of carbonyl (C=O) groups excluding carboxylic acids is 2. The smallest absolute Gasteiger partial charge is 0.321 e. The predicted octanol–water partition coefficient (Wildman–Crippen LogP) is -0.452. The van der Waals surface area contributed by atoms with E-state index in [4.69, 9.17) is 0 Å². The molecule has 1 aliphatic rings. The topological polar surface area (TPSA) is 73.5 Å². The molecule has 1 aliphatic heterocycles. The van der Waals surface area contributed by atoms with Gasteiger partial charge in [-0.2, -0.15) is 0 Å². The third-order valence-electron chi connectivity index (χ3n) is 2.84. The van der Waals surface area contributed by atoms with Crippen molar-refractivity contribution < 1.29 is 9.59 Å². The lowest BCUT2D eigenvalue weighted by atomic mass is 10.1. The number of imide groups is 1. The summed E-state index contributed by atoms with van der Waals surface area (Å²) in [6.45, 7) is 2.09. The fourth-order valence-electron chi connectivity index (χ4n) is 1.81. The first kappa shape index (κ1) is 16.1. The monoisotopic (exact) mass is 264 g/mol. The van der Waals surface area contributed by atoms with E-state index in [9.17, 15) is 9.59 Å². The lowest BCUT2D eigenvalue weighted by Gasteiger charge is -2.30. The number of nitrogens with one attached hydrogen (secondary N) is 3. The van der Waals surface area contributed by atoms with Gasteiger partial charge in [-0.05, 0) is 19.9 Å². The van der Waals surface area contributed by atoms with Crippen molar-refractivity contribution in [2.75, 3.05) is 33.7 Å². The third kappa shape index (κ3) is 5.86. The van der Waals surface area contributed by atoms with Gasteiger partial charge in [0.05, 0.1) is 6.54 Å². The van der Waals surface area contributed by atoms with Crippen LogP contribution in [0.25, 0.3) is 0 Å². The number of urea groups is 1. The Balaban J connectivity index is 0.00000256. The van der Waals surface area contributed by atoms with Crippen LogP contribution < -0.4 is 16.0 Å². The van der Waals surface area contributed by atoms with Gasteiger partial charge in [0.2, 0.25) is 5.91 Å². The Morgan fingerprint density at radius 3 is 2.29 bits per heavy atom. The first-order valence-corrected chi connectivity index (χ1v) is 5.57. The summed E-state index contributed by atoms with van der Waals surface area (Å²) >= 11 is 0. The number of hydrogen-bond acceptors (Lipinski definition) is 4. The highest BCUT2D eigenvalue weighted by molar-refractivity contribution is 5.95. The molecule has 1 saturated heterocycles. The van der Waals surface area contributed by atoms with E-state index in [1.165, 1.54) is 7.05 Å². The standard InChI is InChI=1S/C10H20N4O2.ClH/c1-11-8-3-5-14(6-4-8)7-9(15)13-10(16)12-2;/h8,11H,3-7H2,1-2H3,(H2,12,13,15,16);1H. The molecule has 0 aromatic carbocycles. The number of rotatable bonds is 3. The molecule has 100 valence electrons. The van der Waals surface area contributed by atoms with Crippen LogP contribution in [0.15, 0.2) is 0 Å². The van der Waals surface area contributed by atoms with Gasteiger partial charge in [-0.3, -0.25) is 15.0 Å². The van der Waals surface area contributed by atoms with Crippen LogP contribution in [-0.2, 0) is 4.79 Å². The molecule has 0 atom stereocenters. The molecule has 6 nitrogen and oxygen atoms in total. The average molecular weight is 265 g/mol. The molecule has 3 N–H and O–H groups in total. The van der Waals surface area contributed by atoms with Crippen molar-refractivity contribution in [1.82, 2.24) is 20.9 Å². The van der Waals surface area contributed by atoms with Crippen LogP contribution >= 0.6 is 12.4 Å². The predicted molar refractivity (Wildman–Crippen MR) is 68.4 cm³/mol. The Hall–Kier alpha value is -0.850. The second-order valence-corrected chi connectivity index (χ2v) is 3.97. The second kappa shape index (κ2) is 8.27. The van der Waals surface area contributed by atoms with E-state index in [0.717, 1.165) is 25.9 Å². The van der Waals surface area contributed by atoms with E-state index in [1.807, 2.05) is 7.05 Å². The summed E-state index contributed by atoms with van der Waals surface area (Å²) in [5.74, 6) is -0.248. The van der Waals surface area contributed by atoms with Gasteiger partial charge in [-0.1, -0.05) is 0 Å². The van der Waals surface area contributed by atoms with E-state index < -0.39 is 6.03 Å². The van der Waals surface area contributed by atoms with Gasteiger partial charge < -0.3 is 10.6 Å². The molecule has 17 heavy (non-hydrogen) atoms. The fraction of sp³-hybridized carbons (Fsp3) is 0.800. The summed E-state index contributed by atoms with van der Waals surface area (Å²) in [5, 5.41) is 7.83. The molecule has 0 radical (unpaired) electrons. The van der Waals surface area contributed by atoms with E-state index in [-0.39, 0.29) is 18.3 Å². The maximum atomic E-state index is 11.4. The van der Waals surface area contributed by atoms with Gasteiger partial charge in [0.15, 0.2) is 0 Å². The van der Waals surface area contributed by atoms with Gasteiger partial charge in [-0.25, -0.2) is 4.79 Å². The highest BCUT2D eigenvalue weighted by Crippen LogP contribution is 2.08. The van der Waals surface area contributed by atoms with Gasteiger partial charge >= 0.3 is 6.03 Å². The zero-order chi connectivity index (χ0) is 12.0. The summed E-state index contributed by atoms with van der Waals surface area (Å²) in [4.78, 5) is 24.4. The van der Waals surface area contributed by atoms with E-state index in [2.05, 4.69) is 20.9 Å². The van der Waals surface area contributed by atoms with Crippen LogP contribution in [0.3, 0.4) is 0 Å². The average Bonchev–Trinajstić information content (AvgIpc) is 2.29. The van der Waals surface area contributed by atoms with Crippen LogP contribution in [0.4, 0.5) is 4.79 Å². The fourth-order valence-corrected chi connectivity index (χ4v) is 1.81. The molecule has 1 fully saturated rings. The number of halogens is 1. The quantitative estimate of drug-likeness (QED) is 0.646. The summed E-state index contributed by atoms with van der Waals surface area (Å²) in [6.07, 6.45) is 2.09. The maximum Gasteiger partial charge on any atom is 0.321 e. The molecule has 0 saturated carbocycles. The molecule has 3 amide bonds. The van der Waals surface area contributed by atoms with Crippen molar-refractivity contribution in [2.24, 2.45) is 0 Å². The minimum atomic E-state index is -0.449. The van der Waals surface area contributed by atoms with Crippen molar-refractivity contribution in [1.29, 1.82) is 0 Å². The zero-order valence-electron chi connectivity index (χ0n) is 10.3. The summed E-state index contributed by atoms with van der Waals surface area (Å²) in [6, 6.07) is 0.105. The molecular formula is C10H21ClN4O2. The molecule has 0 aliphatic carbocycles. The third-order valence-corrected chi connectivity index (χ3v) is 2.84. The molecule has 0 unspecified atom stereocenters. The molecule has 0 spiro atoms. The number of likely N-dealkylation sites (tertiary alicyclic amines) is 1. The largest absolute Gasteiger partial charge is 0.341 e. The first-order valence-electron chi connectivity index (χ1n) is 5.57. The van der Waals surface area contributed by atoms with Gasteiger partial charge in [-0.15, -0.1) is 12.4 Å². The summed E-state index contributed by atoms with van der Waals surface area (Å²) in [5.41, 5.74) is 0. The van der Waals surface area contributed by atoms with Crippen molar-refractivity contribution in [2.45, 2.75) is 18.9 Å². The number of hydrogen-bond donors (Lipinski definition) is 3. The molecule has 1 heterocycles. The molecule has 0 aromatic heterocycles. The Morgan fingerprint density at radius 2 is 1.82 bits per heavy atom. The highest BCUT2D eigenvalue weighted by Gasteiger charge is 2.19. The summed E-state index contributed by atoms with van der Waals surface area (Å²) in [7, 11) is 3.44. The molecule has 0 bridgehead atoms. The van der Waals surface area contributed by atoms with E-state index in [1.54, 1.807) is 0 Å². The van der Waals surface area contributed by atoms with Crippen molar-refractivity contribution in [3.63, 3.8) is 0 Å². The number of nitrogens with zero attached hydrogens (tertiary/aromatic N) is 1. The van der Waals surface area contributed by atoms with Crippen LogP contribution in [0.2, 0.25) is 0 Å². The Labute approximate surface area is 108 Å². The number of carbonyl (C=O) groups is 2.